The van der Waals surface area contributed by atoms with Gasteiger partial charge in [0.05, 0.1) is 17.0 Å². The fourth-order valence-corrected chi connectivity index (χ4v) is 2.29. The normalized spacial score (nSPS) is 12.4. The van der Waals surface area contributed by atoms with E-state index in [0.717, 1.165) is 5.69 Å². The predicted molar refractivity (Wildman–Crippen MR) is 74.2 cm³/mol. The zero-order chi connectivity index (χ0) is 13.8. The highest BCUT2D eigenvalue weighted by Crippen LogP contribution is 2.23. The third kappa shape index (κ3) is 3.12. The molecule has 0 fully saturated rings. The molecule has 19 heavy (non-hydrogen) atoms. The Morgan fingerprint density at radius 1 is 1.21 bits per heavy atom. The van der Waals surface area contributed by atoms with E-state index in [1.807, 2.05) is 19.1 Å². The van der Waals surface area contributed by atoms with Gasteiger partial charge in [-0.1, -0.05) is 37.7 Å². The predicted octanol–water partition coefficient (Wildman–Crippen LogP) is 2.79. The van der Waals surface area contributed by atoms with Crippen molar-refractivity contribution in [3.63, 3.8) is 0 Å². The second-order valence-electron chi connectivity index (χ2n) is 4.51. The van der Waals surface area contributed by atoms with Gasteiger partial charge in [-0.2, -0.15) is 9.94 Å². The van der Waals surface area contributed by atoms with E-state index in [1.54, 1.807) is 4.68 Å². The van der Waals surface area contributed by atoms with E-state index in [4.69, 9.17) is 5.26 Å². The summed E-state index contributed by atoms with van der Waals surface area (Å²) in [6.07, 6.45) is 0. The van der Waals surface area contributed by atoms with Gasteiger partial charge in [0, 0.05) is 0 Å². The minimum atomic E-state index is -0.181. The Kier molecular flexibility index (Phi) is 4.17. The molecular weight excluding hydrogens is 258 g/mol. The topological polar surface area (TPSA) is 67.4 Å². The second-order valence-corrected chi connectivity index (χ2v) is 5.82. The summed E-state index contributed by atoms with van der Waals surface area (Å²) in [7, 11) is 0. The van der Waals surface area contributed by atoms with Crippen molar-refractivity contribution in [2.45, 2.75) is 37.1 Å². The molecule has 1 heterocycles. The van der Waals surface area contributed by atoms with Crippen LogP contribution in [0.2, 0.25) is 0 Å². The van der Waals surface area contributed by atoms with E-state index in [9.17, 15) is 0 Å². The van der Waals surface area contributed by atoms with Gasteiger partial charge in [-0.15, -0.1) is 5.10 Å². The molecule has 1 aromatic carbocycles. The van der Waals surface area contributed by atoms with E-state index >= 15 is 0 Å². The molecule has 0 amide bonds. The van der Waals surface area contributed by atoms with Crippen molar-refractivity contribution in [1.29, 1.82) is 5.26 Å². The maximum Gasteiger partial charge on any atom is 0.215 e. The Hall–Kier alpha value is -1.87. The summed E-state index contributed by atoms with van der Waals surface area (Å²) in [5.74, 6) is 0.496. The summed E-state index contributed by atoms with van der Waals surface area (Å²) in [5, 5.41) is 20.9. The first-order chi connectivity index (χ1) is 9.11. The zero-order valence-electron chi connectivity index (χ0n) is 11.1. The van der Waals surface area contributed by atoms with Crippen molar-refractivity contribution >= 4 is 11.8 Å². The van der Waals surface area contributed by atoms with Crippen LogP contribution in [0, 0.1) is 11.3 Å². The van der Waals surface area contributed by atoms with Crippen LogP contribution >= 0.6 is 11.8 Å². The molecule has 1 atom stereocenters. The Morgan fingerprint density at radius 2 is 1.89 bits per heavy atom. The van der Waals surface area contributed by atoms with Gasteiger partial charge in [0.1, 0.15) is 0 Å². The monoisotopic (exact) mass is 273 g/mol. The molecule has 0 aliphatic rings. The minimum Gasteiger partial charge on any atom is -0.197 e. The average molecular weight is 273 g/mol. The first-order valence-corrected chi connectivity index (χ1v) is 6.94. The zero-order valence-corrected chi connectivity index (χ0v) is 11.9. The minimum absolute atomic E-state index is 0.181. The van der Waals surface area contributed by atoms with Crippen LogP contribution in [-0.4, -0.2) is 25.5 Å². The van der Waals surface area contributed by atoms with Crippen molar-refractivity contribution in [2.75, 3.05) is 0 Å². The number of tetrazole rings is 1. The molecule has 0 aliphatic heterocycles. The lowest BCUT2D eigenvalue weighted by Gasteiger charge is -2.08. The molecule has 6 heteroatoms. The highest BCUT2D eigenvalue weighted by Gasteiger charge is 2.12. The Labute approximate surface area is 116 Å². The molecule has 0 saturated heterocycles. The number of hydrogen-bond donors (Lipinski definition) is 0. The van der Waals surface area contributed by atoms with Crippen LogP contribution in [0.4, 0.5) is 0 Å². The average Bonchev–Trinajstić information content (AvgIpc) is 2.86. The van der Waals surface area contributed by atoms with Crippen molar-refractivity contribution in [2.24, 2.45) is 0 Å². The van der Waals surface area contributed by atoms with Crippen molar-refractivity contribution in [3.05, 3.63) is 29.8 Å². The molecule has 2 rings (SSSR count). The van der Waals surface area contributed by atoms with Crippen LogP contribution in [0.5, 0.6) is 0 Å². The quantitative estimate of drug-likeness (QED) is 0.801. The van der Waals surface area contributed by atoms with Crippen molar-refractivity contribution in [3.8, 4) is 11.8 Å². The van der Waals surface area contributed by atoms with E-state index in [-0.39, 0.29) is 5.25 Å². The molecule has 98 valence electrons. The summed E-state index contributed by atoms with van der Waals surface area (Å²) >= 11 is 1.35. The summed E-state index contributed by atoms with van der Waals surface area (Å²) in [5.41, 5.74) is 2.18. The van der Waals surface area contributed by atoms with E-state index in [2.05, 4.69) is 47.6 Å². The summed E-state index contributed by atoms with van der Waals surface area (Å²) in [6.45, 7) is 6.13. The number of thioether (sulfide) groups is 1. The van der Waals surface area contributed by atoms with E-state index < -0.39 is 0 Å². The molecule has 2 aromatic rings. The molecule has 0 radical (unpaired) electrons. The standard InChI is InChI=1S/C13H15N5S/c1-9(2)11-4-6-12(7-5-11)18-13(15-16-17-18)19-10(3)8-14/h4-7,9-10H,1-3H3. The van der Waals surface area contributed by atoms with Gasteiger partial charge in [-0.05, 0) is 41.0 Å². The first kappa shape index (κ1) is 13.6. The van der Waals surface area contributed by atoms with Crippen LogP contribution in [0.3, 0.4) is 0 Å². The van der Waals surface area contributed by atoms with Gasteiger partial charge in [-0.25, -0.2) is 0 Å². The molecule has 1 unspecified atom stereocenters. The number of hydrogen-bond acceptors (Lipinski definition) is 5. The summed E-state index contributed by atoms with van der Waals surface area (Å²) in [4.78, 5) is 0. The molecular formula is C13H15N5S. The maximum absolute atomic E-state index is 8.84. The number of rotatable bonds is 4. The van der Waals surface area contributed by atoms with Gasteiger partial charge in [0.2, 0.25) is 5.16 Å². The lowest BCUT2D eigenvalue weighted by Crippen LogP contribution is -2.02. The summed E-state index contributed by atoms with van der Waals surface area (Å²) in [6, 6.07) is 10.3. The highest BCUT2D eigenvalue weighted by molar-refractivity contribution is 8.00. The van der Waals surface area contributed by atoms with Crippen LogP contribution in [0.1, 0.15) is 32.3 Å². The largest absolute Gasteiger partial charge is 0.215 e. The van der Waals surface area contributed by atoms with Gasteiger partial charge >= 0.3 is 0 Å². The van der Waals surface area contributed by atoms with Crippen LogP contribution in [0.15, 0.2) is 29.4 Å². The number of aromatic nitrogens is 4. The highest BCUT2D eigenvalue weighted by atomic mass is 32.2. The molecule has 0 saturated carbocycles. The van der Waals surface area contributed by atoms with Crippen LogP contribution in [0.25, 0.3) is 5.69 Å². The molecule has 0 aliphatic carbocycles. The maximum atomic E-state index is 8.84. The lowest BCUT2D eigenvalue weighted by molar-refractivity contribution is 0.754. The molecule has 0 spiro atoms. The number of nitriles is 1. The van der Waals surface area contributed by atoms with Gasteiger partial charge < -0.3 is 0 Å². The van der Waals surface area contributed by atoms with Crippen LogP contribution in [-0.2, 0) is 0 Å². The van der Waals surface area contributed by atoms with Crippen LogP contribution < -0.4 is 0 Å². The van der Waals surface area contributed by atoms with E-state index in [1.165, 1.54) is 17.3 Å². The van der Waals surface area contributed by atoms with Crippen molar-refractivity contribution < 1.29 is 0 Å². The molecule has 0 bridgehead atoms. The summed E-state index contributed by atoms with van der Waals surface area (Å²) < 4.78 is 1.66. The van der Waals surface area contributed by atoms with Gasteiger partial charge in [-0.3, -0.25) is 0 Å². The Bertz CT molecular complexity index is 582. The SMILES string of the molecule is CC(C#N)Sc1nnnn1-c1ccc(C(C)C)cc1. The Balaban J connectivity index is 2.27. The smallest absolute Gasteiger partial charge is 0.197 e. The van der Waals surface area contributed by atoms with E-state index in [0.29, 0.717) is 11.1 Å². The van der Waals surface area contributed by atoms with Gasteiger partial charge in [0.15, 0.2) is 0 Å². The Morgan fingerprint density at radius 3 is 2.47 bits per heavy atom. The van der Waals surface area contributed by atoms with Crippen molar-refractivity contribution in [1.82, 2.24) is 20.2 Å². The second kappa shape index (κ2) is 5.85. The third-order valence-electron chi connectivity index (χ3n) is 2.71. The van der Waals surface area contributed by atoms with Gasteiger partial charge in [0.25, 0.3) is 0 Å². The third-order valence-corrected chi connectivity index (χ3v) is 3.63. The lowest BCUT2D eigenvalue weighted by atomic mass is 10.0. The molecule has 5 nitrogen and oxygen atoms in total. The molecule has 1 aromatic heterocycles. The fraction of sp³-hybridized carbons (Fsp3) is 0.385. The number of benzene rings is 1. The molecule has 0 N–H and O–H groups in total. The number of nitrogens with zero attached hydrogens (tertiary/aromatic N) is 5. The first-order valence-electron chi connectivity index (χ1n) is 6.07. The fourth-order valence-electron chi connectivity index (χ4n) is 1.60.